The van der Waals surface area contributed by atoms with Gasteiger partial charge in [-0.1, -0.05) is 42.5 Å². The molecule has 1 fully saturated rings. The molecule has 158 valence electrons. The summed E-state index contributed by atoms with van der Waals surface area (Å²) in [6, 6.07) is 18.1. The summed E-state index contributed by atoms with van der Waals surface area (Å²) in [6.45, 7) is 1.85. The number of hydrogen-bond acceptors (Lipinski definition) is 3. The fraction of sp³-hybridized carbons (Fsp3) is 0.360. The van der Waals surface area contributed by atoms with Crippen LogP contribution in [-0.2, 0) is 16.1 Å². The summed E-state index contributed by atoms with van der Waals surface area (Å²) in [5.41, 5.74) is 3.28. The molecule has 0 bridgehead atoms. The van der Waals surface area contributed by atoms with Crippen molar-refractivity contribution in [2.24, 2.45) is 5.92 Å². The summed E-state index contributed by atoms with van der Waals surface area (Å²) in [6.07, 6.45) is 4.90. The molecule has 0 spiro atoms. The van der Waals surface area contributed by atoms with E-state index in [9.17, 15) is 9.59 Å². The number of carbonyl (C=O) groups excluding carboxylic acids is 2. The van der Waals surface area contributed by atoms with Crippen molar-refractivity contribution in [1.82, 2.24) is 9.80 Å². The number of nitrogens with zero attached hydrogens (tertiary/aromatic N) is 3. The first-order valence-corrected chi connectivity index (χ1v) is 10.5. The van der Waals surface area contributed by atoms with Gasteiger partial charge in [0.05, 0.1) is 0 Å². The van der Waals surface area contributed by atoms with Gasteiger partial charge in [0.2, 0.25) is 11.8 Å². The number of rotatable bonds is 6. The fourth-order valence-corrected chi connectivity index (χ4v) is 3.75. The molecule has 0 saturated carbocycles. The van der Waals surface area contributed by atoms with Crippen LogP contribution in [0.4, 0.5) is 5.69 Å². The Hall–Kier alpha value is -3.08. The van der Waals surface area contributed by atoms with Crippen LogP contribution in [0.1, 0.15) is 24.0 Å². The SMILES string of the molecule is CN(Cc1ccc(N(C)C)cc1)C(=O)C1CCN(C(=O)/C=C/c2ccccc2)CC1. The Kier molecular flexibility index (Phi) is 7.28. The van der Waals surface area contributed by atoms with Gasteiger partial charge in [-0.2, -0.15) is 0 Å². The molecule has 2 aromatic carbocycles. The zero-order valence-electron chi connectivity index (χ0n) is 18.1. The monoisotopic (exact) mass is 405 g/mol. The lowest BCUT2D eigenvalue weighted by molar-refractivity contribution is -0.138. The molecule has 0 unspecified atom stereocenters. The highest BCUT2D eigenvalue weighted by Crippen LogP contribution is 2.21. The van der Waals surface area contributed by atoms with Crippen molar-refractivity contribution < 1.29 is 9.59 Å². The first-order chi connectivity index (χ1) is 14.4. The molecule has 2 amide bonds. The van der Waals surface area contributed by atoms with E-state index in [0.29, 0.717) is 32.5 Å². The fourth-order valence-electron chi connectivity index (χ4n) is 3.75. The van der Waals surface area contributed by atoms with Gasteiger partial charge in [-0.15, -0.1) is 0 Å². The van der Waals surface area contributed by atoms with E-state index in [1.165, 1.54) is 0 Å². The Morgan fingerprint density at radius 2 is 1.60 bits per heavy atom. The van der Waals surface area contributed by atoms with Crippen LogP contribution in [0.3, 0.4) is 0 Å². The highest BCUT2D eigenvalue weighted by atomic mass is 16.2. The number of hydrogen-bond donors (Lipinski definition) is 0. The molecule has 0 radical (unpaired) electrons. The van der Waals surface area contributed by atoms with Crippen LogP contribution in [0.5, 0.6) is 0 Å². The van der Waals surface area contributed by atoms with Crippen LogP contribution in [0.25, 0.3) is 6.08 Å². The first-order valence-electron chi connectivity index (χ1n) is 10.5. The van der Waals surface area contributed by atoms with Crippen molar-refractivity contribution in [2.75, 3.05) is 39.1 Å². The Morgan fingerprint density at radius 1 is 0.967 bits per heavy atom. The molecule has 5 nitrogen and oxygen atoms in total. The summed E-state index contributed by atoms with van der Waals surface area (Å²) in [4.78, 5) is 31.0. The second-order valence-corrected chi connectivity index (χ2v) is 8.10. The zero-order chi connectivity index (χ0) is 21.5. The van der Waals surface area contributed by atoms with Gasteiger partial charge in [0, 0.05) is 58.5 Å². The lowest BCUT2D eigenvalue weighted by Gasteiger charge is -2.32. The highest BCUT2D eigenvalue weighted by Gasteiger charge is 2.28. The van der Waals surface area contributed by atoms with Crippen LogP contribution >= 0.6 is 0 Å². The summed E-state index contributed by atoms with van der Waals surface area (Å²) < 4.78 is 0. The molecule has 0 N–H and O–H groups in total. The molecule has 1 heterocycles. The highest BCUT2D eigenvalue weighted by molar-refractivity contribution is 5.92. The summed E-state index contributed by atoms with van der Waals surface area (Å²) in [5.74, 6) is 0.163. The maximum Gasteiger partial charge on any atom is 0.246 e. The van der Waals surface area contributed by atoms with Gasteiger partial charge >= 0.3 is 0 Å². The van der Waals surface area contributed by atoms with Gasteiger partial charge in [0.1, 0.15) is 0 Å². The third-order valence-electron chi connectivity index (χ3n) is 5.62. The Morgan fingerprint density at radius 3 is 2.20 bits per heavy atom. The predicted molar refractivity (Wildman–Crippen MR) is 122 cm³/mol. The van der Waals surface area contributed by atoms with Crippen molar-refractivity contribution in [3.63, 3.8) is 0 Å². The van der Waals surface area contributed by atoms with Gasteiger partial charge in [-0.05, 0) is 42.2 Å². The van der Waals surface area contributed by atoms with Crippen molar-refractivity contribution >= 4 is 23.6 Å². The molecular weight excluding hydrogens is 374 g/mol. The van der Waals surface area contributed by atoms with Gasteiger partial charge < -0.3 is 14.7 Å². The number of likely N-dealkylation sites (tertiary alicyclic amines) is 1. The number of carbonyl (C=O) groups is 2. The van der Waals surface area contributed by atoms with Gasteiger partial charge in [-0.3, -0.25) is 9.59 Å². The minimum Gasteiger partial charge on any atom is -0.378 e. The molecule has 3 rings (SSSR count). The van der Waals surface area contributed by atoms with Crippen molar-refractivity contribution in [3.8, 4) is 0 Å². The largest absolute Gasteiger partial charge is 0.378 e. The standard InChI is InChI=1S/C25H31N3O2/c1-26(2)23-12-9-21(10-13-23)19-27(3)25(30)22-15-17-28(18-16-22)24(29)14-11-20-7-5-4-6-8-20/h4-14,22H,15-19H2,1-3H3/b14-11+. The molecule has 0 aromatic heterocycles. The van der Waals surface area contributed by atoms with Gasteiger partial charge in [0.25, 0.3) is 0 Å². The quantitative estimate of drug-likeness (QED) is 0.689. The molecule has 1 aliphatic heterocycles. The lowest BCUT2D eigenvalue weighted by atomic mass is 9.95. The average molecular weight is 406 g/mol. The second kappa shape index (κ2) is 10.1. The lowest BCUT2D eigenvalue weighted by Crippen LogP contribution is -2.42. The number of piperidine rings is 1. The van der Waals surface area contributed by atoms with E-state index in [1.54, 1.807) is 6.08 Å². The normalized spacial score (nSPS) is 14.7. The van der Waals surface area contributed by atoms with Crippen molar-refractivity contribution in [1.29, 1.82) is 0 Å². The number of anilines is 1. The maximum atomic E-state index is 12.9. The molecule has 1 aliphatic rings. The third kappa shape index (κ3) is 5.72. The van der Waals surface area contributed by atoms with E-state index in [4.69, 9.17) is 0 Å². The van der Waals surface area contributed by atoms with Crippen LogP contribution in [0.2, 0.25) is 0 Å². The van der Waals surface area contributed by atoms with E-state index in [1.807, 2.05) is 67.4 Å². The van der Waals surface area contributed by atoms with E-state index in [-0.39, 0.29) is 17.7 Å². The van der Waals surface area contributed by atoms with Crippen LogP contribution in [0, 0.1) is 5.92 Å². The molecule has 0 atom stereocenters. The van der Waals surface area contributed by atoms with Gasteiger partial charge in [-0.25, -0.2) is 0 Å². The Labute approximate surface area is 179 Å². The van der Waals surface area contributed by atoms with E-state index in [0.717, 1.165) is 16.8 Å². The van der Waals surface area contributed by atoms with E-state index < -0.39 is 0 Å². The minimum absolute atomic E-state index is 0.0130. The summed E-state index contributed by atoms with van der Waals surface area (Å²) >= 11 is 0. The van der Waals surface area contributed by atoms with Crippen molar-refractivity contribution in [3.05, 3.63) is 71.8 Å². The predicted octanol–water partition coefficient (Wildman–Crippen LogP) is 3.66. The number of amides is 2. The van der Waals surface area contributed by atoms with Crippen molar-refractivity contribution in [2.45, 2.75) is 19.4 Å². The topological polar surface area (TPSA) is 43.9 Å². The van der Waals surface area contributed by atoms with Crippen LogP contribution in [-0.4, -0.2) is 55.8 Å². The zero-order valence-corrected chi connectivity index (χ0v) is 18.1. The molecule has 2 aromatic rings. The first kappa shape index (κ1) is 21.6. The molecule has 5 heteroatoms. The average Bonchev–Trinajstić information content (AvgIpc) is 2.78. The smallest absolute Gasteiger partial charge is 0.246 e. The summed E-state index contributed by atoms with van der Waals surface area (Å²) in [7, 11) is 5.89. The second-order valence-electron chi connectivity index (χ2n) is 8.10. The minimum atomic E-state index is -0.0156. The van der Waals surface area contributed by atoms with Crippen LogP contribution in [0.15, 0.2) is 60.7 Å². The number of benzene rings is 2. The molecule has 0 aliphatic carbocycles. The van der Waals surface area contributed by atoms with E-state index in [2.05, 4.69) is 29.2 Å². The van der Waals surface area contributed by atoms with Crippen LogP contribution < -0.4 is 4.90 Å². The molecule has 1 saturated heterocycles. The molecule has 30 heavy (non-hydrogen) atoms. The third-order valence-corrected chi connectivity index (χ3v) is 5.62. The maximum absolute atomic E-state index is 12.9. The Balaban J connectivity index is 1.48. The summed E-state index contributed by atoms with van der Waals surface area (Å²) in [5, 5.41) is 0. The van der Waals surface area contributed by atoms with Gasteiger partial charge in [0.15, 0.2) is 0 Å². The molecular formula is C25H31N3O2. The van der Waals surface area contributed by atoms with E-state index >= 15 is 0 Å². The Bertz CT molecular complexity index is 867.